The zero-order chi connectivity index (χ0) is 11.5. The van der Waals surface area contributed by atoms with Crippen molar-refractivity contribution in [3.63, 3.8) is 0 Å². The topological polar surface area (TPSA) is 40.7 Å². The van der Waals surface area contributed by atoms with Gasteiger partial charge in [-0.1, -0.05) is 6.92 Å². The molecule has 0 atom stereocenters. The Labute approximate surface area is 91.9 Å². The molecule has 0 bridgehead atoms. The molecule has 16 heavy (non-hydrogen) atoms. The van der Waals surface area contributed by atoms with E-state index in [1.54, 1.807) is 0 Å². The highest BCUT2D eigenvalue weighted by molar-refractivity contribution is 5.75. The fraction of sp³-hybridized carbons (Fsp3) is 0.364. The number of halogens is 2. The molecule has 3 nitrogen and oxygen atoms in total. The third-order valence-corrected chi connectivity index (χ3v) is 2.31. The molecule has 0 fully saturated rings. The number of nitrogens with one attached hydrogen (secondary N) is 2. The van der Waals surface area contributed by atoms with Crippen LogP contribution in [-0.4, -0.2) is 16.5 Å². The predicted molar refractivity (Wildman–Crippen MR) is 58.0 cm³/mol. The van der Waals surface area contributed by atoms with Crippen molar-refractivity contribution in [1.29, 1.82) is 0 Å². The average molecular weight is 225 g/mol. The minimum Gasteiger partial charge on any atom is -0.341 e. The molecule has 0 amide bonds. The summed E-state index contributed by atoms with van der Waals surface area (Å²) in [5.74, 6) is -1.14. The summed E-state index contributed by atoms with van der Waals surface area (Å²) >= 11 is 0. The highest BCUT2D eigenvalue weighted by Gasteiger charge is 2.11. The summed E-state index contributed by atoms with van der Waals surface area (Å²) in [4.78, 5) is 6.95. The van der Waals surface area contributed by atoms with Gasteiger partial charge in [0.15, 0.2) is 11.6 Å². The third-order valence-electron chi connectivity index (χ3n) is 2.31. The second-order valence-electron chi connectivity index (χ2n) is 3.62. The number of fused-ring (bicyclic) bond motifs is 1. The Morgan fingerprint density at radius 2 is 2.19 bits per heavy atom. The van der Waals surface area contributed by atoms with Crippen LogP contribution in [0.3, 0.4) is 0 Å². The Balaban J connectivity index is 2.26. The maximum absolute atomic E-state index is 13.3. The van der Waals surface area contributed by atoms with E-state index in [2.05, 4.69) is 22.2 Å². The maximum atomic E-state index is 13.3. The Hall–Kier alpha value is -1.49. The van der Waals surface area contributed by atoms with Gasteiger partial charge >= 0.3 is 0 Å². The van der Waals surface area contributed by atoms with Gasteiger partial charge in [0, 0.05) is 0 Å². The summed E-state index contributed by atoms with van der Waals surface area (Å²) in [5.41, 5.74) is 0.584. The predicted octanol–water partition coefficient (Wildman–Crippen LogP) is 2.34. The van der Waals surface area contributed by atoms with Crippen LogP contribution in [0, 0.1) is 11.6 Å². The fourth-order valence-corrected chi connectivity index (χ4v) is 1.54. The van der Waals surface area contributed by atoms with Gasteiger partial charge in [0.2, 0.25) is 0 Å². The van der Waals surface area contributed by atoms with Gasteiger partial charge in [-0.05, 0) is 25.1 Å². The van der Waals surface area contributed by atoms with Gasteiger partial charge in [0.1, 0.15) is 11.3 Å². The lowest BCUT2D eigenvalue weighted by Crippen LogP contribution is -2.14. The molecule has 2 aromatic rings. The summed E-state index contributed by atoms with van der Waals surface area (Å²) in [6.07, 6.45) is 1.02. The summed E-state index contributed by atoms with van der Waals surface area (Å²) in [6.45, 7) is 3.46. The van der Waals surface area contributed by atoms with Gasteiger partial charge in [-0.2, -0.15) is 0 Å². The summed E-state index contributed by atoms with van der Waals surface area (Å²) in [6, 6.07) is 2.59. The highest BCUT2D eigenvalue weighted by atomic mass is 19.2. The monoisotopic (exact) mass is 225 g/mol. The first kappa shape index (κ1) is 11.0. The second-order valence-corrected chi connectivity index (χ2v) is 3.62. The van der Waals surface area contributed by atoms with Crippen molar-refractivity contribution in [2.45, 2.75) is 19.9 Å². The molecule has 0 radical (unpaired) electrons. The van der Waals surface area contributed by atoms with Crippen LogP contribution >= 0.6 is 0 Å². The largest absolute Gasteiger partial charge is 0.341 e. The van der Waals surface area contributed by atoms with E-state index in [4.69, 9.17) is 0 Å². The Kier molecular flexibility index (Phi) is 3.14. The molecule has 0 aliphatic rings. The normalized spacial score (nSPS) is 11.2. The van der Waals surface area contributed by atoms with Gasteiger partial charge in [-0.3, -0.25) is 0 Å². The first-order valence-electron chi connectivity index (χ1n) is 5.25. The van der Waals surface area contributed by atoms with Crippen molar-refractivity contribution < 1.29 is 8.78 Å². The summed E-state index contributed by atoms with van der Waals surface area (Å²) < 4.78 is 26.2. The molecule has 86 valence electrons. The van der Waals surface area contributed by atoms with Crippen LogP contribution in [0.2, 0.25) is 0 Å². The van der Waals surface area contributed by atoms with Gasteiger partial charge in [-0.15, -0.1) is 0 Å². The molecule has 0 saturated carbocycles. The molecule has 0 spiro atoms. The van der Waals surface area contributed by atoms with Crippen molar-refractivity contribution in [3.8, 4) is 0 Å². The molecule has 0 saturated heterocycles. The number of H-pyrrole nitrogens is 1. The number of rotatable bonds is 4. The second kappa shape index (κ2) is 4.57. The number of hydrogen-bond donors (Lipinski definition) is 2. The van der Waals surface area contributed by atoms with Gasteiger partial charge < -0.3 is 10.3 Å². The van der Waals surface area contributed by atoms with E-state index in [-0.39, 0.29) is 5.52 Å². The lowest BCUT2D eigenvalue weighted by atomic mass is 10.3. The number of imidazole rings is 1. The number of nitrogens with zero attached hydrogens (tertiary/aromatic N) is 1. The zero-order valence-corrected chi connectivity index (χ0v) is 8.98. The van der Waals surface area contributed by atoms with Crippen molar-refractivity contribution in [2.75, 3.05) is 6.54 Å². The van der Waals surface area contributed by atoms with E-state index < -0.39 is 11.6 Å². The van der Waals surface area contributed by atoms with Crippen LogP contribution in [0.25, 0.3) is 11.0 Å². The SMILES string of the molecule is CCCNCc1nc2c(F)c(F)ccc2[nH]1. The molecule has 1 heterocycles. The molecule has 0 unspecified atom stereocenters. The third kappa shape index (κ3) is 2.04. The maximum Gasteiger partial charge on any atom is 0.186 e. The number of aromatic amines is 1. The first-order chi connectivity index (χ1) is 7.72. The van der Waals surface area contributed by atoms with Crippen molar-refractivity contribution in [2.24, 2.45) is 0 Å². The van der Waals surface area contributed by atoms with Crippen molar-refractivity contribution in [3.05, 3.63) is 29.6 Å². The van der Waals surface area contributed by atoms with Crippen LogP contribution < -0.4 is 5.32 Å². The van der Waals surface area contributed by atoms with E-state index in [0.717, 1.165) is 19.0 Å². The summed E-state index contributed by atoms with van der Waals surface area (Å²) in [5, 5.41) is 3.14. The van der Waals surface area contributed by atoms with E-state index in [9.17, 15) is 8.78 Å². The van der Waals surface area contributed by atoms with Crippen LogP contribution in [0.4, 0.5) is 8.78 Å². The Morgan fingerprint density at radius 1 is 1.38 bits per heavy atom. The quantitative estimate of drug-likeness (QED) is 0.784. The van der Waals surface area contributed by atoms with Gasteiger partial charge in [0.25, 0.3) is 0 Å². The molecular formula is C11H13F2N3. The number of benzene rings is 1. The van der Waals surface area contributed by atoms with Crippen molar-refractivity contribution in [1.82, 2.24) is 15.3 Å². The molecule has 0 aliphatic carbocycles. The molecule has 2 rings (SSSR count). The zero-order valence-electron chi connectivity index (χ0n) is 8.98. The minimum absolute atomic E-state index is 0.0632. The molecular weight excluding hydrogens is 212 g/mol. The fourth-order valence-electron chi connectivity index (χ4n) is 1.54. The van der Waals surface area contributed by atoms with Crippen LogP contribution in [0.15, 0.2) is 12.1 Å². The number of aromatic nitrogens is 2. The van der Waals surface area contributed by atoms with Crippen LogP contribution in [0.5, 0.6) is 0 Å². The standard InChI is InChI=1S/C11H13F2N3/c1-2-5-14-6-9-15-8-4-3-7(12)10(13)11(8)16-9/h3-4,14H,2,5-6H2,1H3,(H,15,16). The average Bonchev–Trinajstić information content (AvgIpc) is 2.68. The minimum atomic E-state index is -0.893. The Bertz CT molecular complexity index is 493. The van der Waals surface area contributed by atoms with Gasteiger partial charge in [0.05, 0.1) is 12.1 Å². The van der Waals surface area contributed by atoms with Crippen LogP contribution in [-0.2, 0) is 6.54 Å². The smallest absolute Gasteiger partial charge is 0.186 e. The summed E-state index contributed by atoms with van der Waals surface area (Å²) in [7, 11) is 0. The Morgan fingerprint density at radius 3 is 2.94 bits per heavy atom. The van der Waals surface area contributed by atoms with E-state index in [1.165, 1.54) is 6.07 Å². The van der Waals surface area contributed by atoms with E-state index in [0.29, 0.717) is 17.9 Å². The van der Waals surface area contributed by atoms with Crippen LogP contribution in [0.1, 0.15) is 19.2 Å². The molecule has 2 N–H and O–H groups in total. The van der Waals surface area contributed by atoms with Crippen molar-refractivity contribution >= 4 is 11.0 Å². The number of hydrogen-bond acceptors (Lipinski definition) is 2. The lowest BCUT2D eigenvalue weighted by Gasteiger charge is -1.97. The molecule has 0 aliphatic heterocycles. The van der Waals surface area contributed by atoms with E-state index in [1.807, 2.05) is 0 Å². The molecule has 1 aromatic heterocycles. The van der Waals surface area contributed by atoms with E-state index >= 15 is 0 Å². The molecule has 1 aromatic carbocycles. The first-order valence-corrected chi connectivity index (χ1v) is 5.25. The molecule has 5 heteroatoms. The van der Waals surface area contributed by atoms with Gasteiger partial charge in [-0.25, -0.2) is 13.8 Å². The lowest BCUT2D eigenvalue weighted by molar-refractivity contribution is 0.515. The highest BCUT2D eigenvalue weighted by Crippen LogP contribution is 2.17.